The molecule has 4 heterocycles. The Morgan fingerprint density at radius 1 is 1.03 bits per heavy atom. The predicted octanol–water partition coefficient (Wildman–Crippen LogP) is 5.39. The summed E-state index contributed by atoms with van der Waals surface area (Å²) in [7, 11) is 0. The number of amidine groups is 1. The van der Waals surface area contributed by atoms with Gasteiger partial charge in [-0.25, -0.2) is 0 Å². The van der Waals surface area contributed by atoms with Gasteiger partial charge in [0.05, 0.1) is 11.7 Å². The smallest absolute Gasteiger partial charge is 0.160 e. The molecular weight excluding hydrogens is 376 g/mol. The van der Waals surface area contributed by atoms with Crippen molar-refractivity contribution < 1.29 is 0 Å². The average Bonchev–Trinajstić information content (AvgIpc) is 3.33. The molecule has 1 fully saturated rings. The Labute approximate surface area is 176 Å². The normalized spacial score (nSPS) is 23.4. The van der Waals surface area contributed by atoms with Crippen LogP contribution < -0.4 is 0 Å². The molecule has 0 radical (unpaired) electrons. The zero-order chi connectivity index (χ0) is 20.1. The number of nitrogens with zero attached hydrogens (tertiary/aromatic N) is 4. The SMILES string of the molecule is Cc1ccc(-n2c(C)cc([C@@H]3[C@@H](c4ccccn4)N=C4S[C@H](C)CN43)c2C)cc1. The van der Waals surface area contributed by atoms with Crippen molar-refractivity contribution in [3.63, 3.8) is 0 Å². The molecule has 3 atom stereocenters. The second-order valence-corrected chi connectivity index (χ2v) is 9.54. The molecular formula is C24H26N4S. The van der Waals surface area contributed by atoms with E-state index in [4.69, 9.17) is 4.99 Å². The number of hydrogen-bond donors (Lipinski definition) is 0. The maximum atomic E-state index is 5.13. The average molecular weight is 403 g/mol. The Hall–Kier alpha value is -2.53. The number of pyridine rings is 1. The molecule has 0 saturated carbocycles. The summed E-state index contributed by atoms with van der Waals surface area (Å²) in [6.07, 6.45) is 1.88. The first-order valence-electron chi connectivity index (χ1n) is 10.2. The summed E-state index contributed by atoms with van der Waals surface area (Å²) in [5, 5.41) is 1.74. The van der Waals surface area contributed by atoms with Gasteiger partial charge in [0, 0.05) is 35.1 Å². The highest BCUT2D eigenvalue weighted by atomic mass is 32.2. The summed E-state index contributed by atoms with van der Waals surface area (Å²) in [5.41, 5.74) is 7.45. The Morgan fingerprint density at radius 2 is 1.83 bits per heavy atom. The number of aliphatic imine (C=N–C) groups is 1. The summed E-state index contributed by atoms with van der Waals surface area (Å²) in [6, 6.07) is 17.5. The maximum Gasteiger partial charge on any atom is 0.160 e. The van der Waals surface area contributed by atoms with E-state index in [9.17, 15) is 0 Å². The molecule has 29 heavy (non-hydrogen) atoms. The zero-order valence-corrected chi connectivity index (χ0v) is 18.1. The molecule has 2 aromatic heterocycles. The van der Waals surface area contributed by atoms with E-state index in [-0.39, 0.29) is 12.1 Å². The van der Waals surface area contributed by atoms with E-state index in [1.807, 2.05) is 24.0 Å². The van der Waals surface area contributed by atoms with Crippen molar-refractivity contribution in [1.29, 1.82) is 0 Å². The fraction of sp³-hybridized carbons (Fsp3) is 0.333. The van der Waals surface area contributed by atoms with Crippen LogP contribution in [0.1, 0.15) is 47.2 Å². The first-order chi connectivity index (χ1) is 14.0. The zero-order valence-electron chi connectivity index (χ0n) is 17.3. The van der Waals surface area contributed by atoms with Crippen molar-refractivity contribution in [3.8, 4) is 5.69 Å². The Morgan fingerprint density at radius 3 is 2.55 bits per heavy atom. The van der Waals surface area contributed by atoms with Gasteiger partial charge in [0.1, 0.15) is 6.04 Å². The van der Waals surface area contributed by atoms with Crippen LogP contribution in [0.3, 0.4) is 0 Å². The number of aromatic nitrogens is 2. The van der Waals surface area contributed by atoms with E-state index < -0.39 is 0 Å². The quantitative estimate of drug-likeness (QED) is 0.589. The number of fused-ring (bicyclic) bond motifs is 1. The largest absolute Gasteiger partial charge is 0.341 e. The number of thioether (sulfide) groups is 1. The Kier molecular flexibility index (Phi) is 4.50. The molecule has 148 valence electrons. The van der Waals surface area contributed by atoms with E-state index in [1.165, 1.54) is 33.4 Å². The molecule has 0 bridgehead atoms. The third-order valence-electron chi connectivity index (χ3n) is 5.96. The van der Waals surface area contributed by atoms with Crippen LogP contribution in [-0.4, -0.2) is 31.4 Å². The Bertz CT molecular complexity index is 1070. The predicted molar refractivity (Wildman–Crippen MR) is 121 cm³/mol. The summed E-state index contributed by atoms with van der Waals surface area (Å²) < 4.78 is 2.37. The number of aryl methyl sites for hydroxylation is 2. The monoisotopic (exact) mass is 402 g/mol. The van der Waals surface area contributed by atoms with Crippen molar-refractivity contribution in [2.75, 3.05) is 6.54 Å². The van der Waals surface area contributed by atoms with Gasteiger partial charge in [-0.1, -0.05) is 42.4 Å². The molecule has 4 nitrogen and oxygen atoms in total. The first kappa shape index (κ1) is 18.5. The molecule has 1 saturated heterocycles. The molecule has 3 aromatic rings. The van der Waals surface area contributed by atoms with Gasteiger partial charge in [0.2, 0.25) is 0 Å². The highest BCUT2D eigenvalue weighted by Crippen LogP contribution is 2.48. The Balaban J connectivity index is 1.62. The summed E-state index contributed by atoms with van der Waals surface area (Å²) in [6.45, 7) is 9.89. The van der Waals surface area contributed by atoms with Crippen LogP contribution >= 0.6 is 11.8 Å². The van der Waals surface area contributed by atoms with Crippen LogP contribution in [0.4, 0.5) is 0 Å². The standard InChI is InChI=1S/C24H26N4S/c1-15-8-10-19(11-9-15)28-16(2)13-20(18(28)4)23-22(21-7-5-6-12-25-21)26-24-27(23)14-17(3)29-24/h5-13,17,22-23H,14H2,1-4H3/t17-,22-,23-/m1/s1. The van der Waals surface area contributed by atoms with E-state index in [2.05, 4.69) is 84.6 Å². The second-order valence-electron chi connectivity index (χ2n) is 8.13. The number of benzene rings is 1. The fourth-order valence-electron chi connectivity index (χ4n) is 4.63. The molecule has 0 spiro atoms. The van der Waals surface area contributed by atoms with E-state index >= 15 is 0 Å². The number of rotatable bonds is 3. The van der Waals surface area contributed by atoms with Gasteiger partial charge < -0.3 is 9.47 Å². The molecule has 0 N–H and O–H groups in total. The minimum Gasteiger partial charge on any atom is -0.341 e. The van der Waals surface area contributed by atoms with Crippen molar-refractivity contribution in [1.82, 2.24) is 14.5 Å². The first-order valence-corrected chi connectivity index (χ1v) is 11.1. The van der Waals surface area contributed by atoms with Crippen LogP contribution in [0.5, 0.6) is 0 Å². The lowest BCUT2D eigenvalue weighted by atomic mass is 9.96. The van der Waals surface area contributed by atoms with Crippen molar-refractivity contribution in [3.05, 3.63) is 82.9 Å². The third kappa shape index (κ3) is 3.08. The van der Waals surface area contributed by atoms with Gasteiger partial charge in [-0.2, -0.15) is 0 Å². The van der Waals surface area contributed by atoms with Crippen LogP contribution in [0.25, 0.3) is 5.69 Å². The highest BCUT2D eigenvalue weighted by Gasteiger charge is 2.44. The third-order valence-corrected chi connectivity index (χ3v) is 7.06. The molecule has 5 heteroatoms. The number of hydrogen-bond acceptors (Lipinski definition) is 4. The fourth-order valence-corrected chi connectivity index (χ4v) is 5.73. The molecule has 5 rings (SSSR count). The molecule has 2 aliphatic rings. The summed E-state index contributed by atoms with van der Waals surface area (Å²) in [4.78, 5) is 12.3. The lowest BCUT2D eigenvalue weighted by molar-refractivity contribution is 0.320. The van der Waals surface area contributed by atoms with Crippen molar-refractivity contribution in [2.24, 2.45) is 4.99 Å². The topological polar surface area (TPSA) is 33.4 Å². The van der Waals surface area contributed by atoms with Crippen molar-refractivity contribution >= 4 is 16.9 Å². The van der Waals surface area contributed by atoms with Crippen LogP contribution in [0.15, 0.2) is 59.7 Å². The molecule has 0 amide bonds. The summed E-state index contributed by atoms with van der Waals surface area (Å²) >= 11 is 1.89. The molecule has 0 aliphatic carbocycles. The van der Waals surface area contributed by atoms with Gasteiger partial charge in [-0.3, -0.25) is 9.98 Å². The van der Waals surface area contributed by atoms with E-state index in [0.717, 1.165) is 12.2 Å². The van der Waals surface area contributed by atoms with Crippen LogP contribution in [0.2, 0.25) is 0 Å². The van der Waals surface area contributed by atoms with Gasteiger partial charge in [0.25, 0.3) is 0 Å². The van der Waals surface area contributed by atoms with Crippen molar-refractivity contribution in [2.45, 2.75) is 45.0 Å². The molecule has 2 aliphatic heterocycles. The minimum atomic E-state index is 0.0400. The lowest BCUT2D eigenvalue weighted by Gasteiger charge is -2.27. The summed E-state index contributed by atoms with van der Waals surface area (Å²) in [5.74, 6) is 0. The van der Waals surface area contributed by atoms with Gasteiger partial charge in [-0.15, -0.1) is 0 Å². The highest BCUT2D eigenvalue weighted by molar-refractivity contribution is 8.14. The van der Waals surface area contributed by atoms with Crippen LogP contribution in [-0.2, 0) is 0 Å². The molecule has 1 aromatic carbocycles. The second kappa shape index (κ2) is 7.06. The minimum absolute atomic E-state index is 0.0400. The molecule has 0 unspecified atom stereocenters. The van der Waals surface area contributed by atoms with E-state index in [1.54, 1.807) is 0 Å². The maximum absolute atomic E-state index is 5.13. The van der Waals surface area contributed by atoms with Gasteiger partial charge >= 0.3 is 0 Å². The lowest BCUT2D eigenvalue weighted by Crippen LogP contribution is -2.28. The van der Waals surface area contributed by atoms with Gasteiger partial charge in [0.15, 0.2) is 5.17 Å². The van der Waals surface area contributed by atoms with E-state index in [0.29, 0.717) is 5.25 Å². The van der Waals surface area contributed by atoms with Gasteiger partial charge in [-0.05, 0) is 56.7 Å². The van der Waals surface area contributed by atoms with Crippen LogP contribution in [0, 0.1) is 20.8 Å².